The first-order valence-corrected chi connectivity index (χ1v) is 20.3. The molecule has 5 aromatic rings. The molecule has 0 heterocycles. The number of aliphatic imine (C=N–C) groups is 1. The van der Waals surface area contributed by atoms with E-state index in [9.17, 15) is 14.4 Å². The maximum absolute atomic E-state index is 13.4. The molecule has 0 aromatic heterocycles. The first-order chi connectivity index (χ1) is 29.8. The molecule has 10 N–H and O–H groups in total. The largest absolute Gasteiger partial charge is 0.379 e. The molecule has 0 radical (unpaired) electrons. The summed E-state index contributed by atoms with van der Waals surface area (Å²) in [5, 5.41) is 14.8. The number of methoxy groups -OCH3 is 1. The van der Waals surface area contributed by atoms with Gasteiger partial charge in [-0.1, -0.05) is 140 Å². The zero-order valence-electron chi connectivity index (χ0n) is 36.4. The summed E-state index contributed by atoms with van der Waals surface area (Å²) >= 11 is 0. The van der Waals surface area contributed by atoms with E-state index < -0.39 is 12.1 Å². The number of hydrazone groups is 1. The quantitative estimate of drug-likeness (QED) is 0.0292. The minimum Gasteiger partial charge on any atom is -0.379 e. The van der Waals surface area contributed by atoms with Gasteiger partial charge >= 0.3 is 6.03 Å². The lowest BCUT2D eigenvalue weighted by Crippen LogP contribution is -2.48. The SMILES string of the molecule is CCCN=C(N)N.COC(C)(C)C.NC=O.O=C(CCc1ccccc1)N[C@@H](Cc1cccc2ccccc12)C(=O)NC/C=N/NC(=O)NC(c1ccccc1)c1ccccc1. The van der Waals surface area contributed by atoms with Gasteiger partial charge in [0.2, 0.25) is 18.2 Å². The molecule has 0 bridgehead atoms. The van der Waals surface area contributed by atoms with E-state index in [1.54, 1.807) is 7.11 Å². The van der Waals surface area contributed by atoms with Gasteiger partial charge in [0.15, 0.2) is 5.96 Å². The fourth-order valence-corrected chi connectivity index (χ4v) is 5.54. The van der Waals surface area contributed by atoms with Gasteiger partial charge in [-0.25, -0.2) is 10.2 Å². The number of hydrogen-bond acceptors (Lipinski definition) is 7. The van der Waals surface area contributed by atoms with Crippen molar-refractivity contribution in [3.05, 3.63) is 156 Å². The maximum Gasteiger partial charge on any atom is 0.335 e. The summed E-state index contributed by atoms with van der Waals surface area (Å²) in [6.45, 7) is 8.88. The van der Waals surface area contributed by atoms with Crippen molar-refractivity contribution in [2.75, 3.05) is 20.2 Å². The summed E-state index contributed by atoms with van der Waals surface area (Å²) in [6.07, 6.45) is 3.81. The Labute approximate surface area is 365 Å². The van der Waals surface area contributed by atoms with Gasteiger partial charge in [0.1, 0.15) is 6.04 Å². The lowest BCUT2D eigenvalue weighted by atomic mass is 9.98. The molecular weight excluding hydrogens is 783 g/mol. The summed E-state index contributed by atoms with van der Waals surface area (Å²) in [6, 6.07) is 41.4. The third kappa shape index (κ3) is 21.3. The lowest BCUT2D eigenvalue weighted by molar-refractivity contribution is -0.128. The molecule has 0 fully saturated rings. The Bertz CT molecular complexity index is 2060. The highest BCUT2D eigenvalue weighted by atomic mass is 16.5. The van der Waals surface area contributed by atoms with Crippen LogP contribution in [0.2, 0.25) is 0 Å². The first-order valence-electron chi connectivity index (χ1n) is 20.3. The highest BCUT2D eigenvalue weighted by Crippen LogP contribution is 2.22. The molecule has 5 amide bonds. The molecular formula is C48H63N9O5. The van der Waals surface area contributed by atoms with Crippen molar-refractivity contribution in [2.45, 2.75) is 71.1 Å². The molecule has 0 saturated heterocycles. The third-order valence-electron chi connectivity index (χ3n) is 8.74. The minimum absolute atomic E-state index is 0.0417. The van der Waals surface area contributed by atoms with Crippen molar-refractivity contribution >= 4 is 47.2 Å². The van der Waals surface area contributed by atoms with Gasteiger partial charge in [0.05, 0.1) is 18.2 Å². The van der Waals surface area contributed by atoms with Crippen LogP contribution >= 0.6 is 0 Å². The van der Waals surface area contributed by atoms with Gasteiger partial charge in [-0.2, -0.15) is 5.10 Å². The number of urea groups is 1. The maximum atomic E-state index is 13.4. The number of amides is 5. The van der Waals surface area contributed by atoms with Crippen molar-refractivity contribution in [1.82, 2.24) is 21.4 Å². The average Bonchev–Trinajstić information content (AvgIpc) is 3.28. The second-order valence-electron chi connectivity index (χ2n) is 14.6. The van der Waals surface area contributed by atoms with Gasteiger partial charge in [0, 0.05) is 32.7 Å². The van der Waals surface area contributed by atoms with Crippen LogP contribution < -0.4 is 38.6 Å². The second-order valence-corrected chi connectivity index (χ2v) is 14.6. The number of hydrogen-bond donors (Lipinski definition) is 7. The van der Waals surface area contributed by atoms with Crippen molar-refractivity contribution in [3.63, 3.8) is 0 Å². The van der Waals surface area contributed by atoms with Crippen LogP contribution in [0.5, 0.6) is 0 Å². The van der Waals surface area contributed by atoms with Crippen LogP contribution in [0.25, 0.3) is 10.8 Å². The van der Waals surface area contributed by atoms with Gasteiger partial charge in [-0.15, -0.1) is 0 Å². The van der Waals surface area contributed by atoms with E-state index in [0.717, 1.165) is 46.0 Å². The van der Waals surface area contributed by atoms with Crippen molar-refractivity contribution in [3.8, 4) is 0 Å². The number of aryl methyl sites for hydroxylation is 1. The van der Waals surface area contributed by atoms with Crippen LogP contribution in [0.15, 0.2) is 144 Å². The summed E-state index contributed by atoms with van der Waals surface area (Å²) < 4.78 is 4.94. The summed E-state index contributed by atoms with van der Waals surface area (Å²) in [5.74, 6) is -0.366. The number of fused-ring (bicyclic) bond motifs is 1. The lowest BCUT2D eigenvalue weighted by Gasteiger charge is -2.20. The highest BCUT2D eigenvalue weighted by molar-refractivity contribution is 5.91. The number of guanidine groups is 1. The fraction of sp³-hybridized carbons (Fsp3) is 0.292. The van der Waals surface area contributed by atoms with E-state index in [1.165, 1.54) is 6.21 Å². The van der Waals surface area contributed by atoms with Crippen LogP contribution in [0, 0.1) is 0 Å². The average molecular weight is 846 g/mol. The number of nitrogens with one attached hydrogen (secondary N) is 4. The Hall–Kier alpha value is -7.06. The van der Waals surface area contributed by atoms with Crippen molar-refractivity contribution in [2.24, 2.45) is 27.3 Å². The molecule has 0 aliphatic rings. The van der Waals surface area contributed by atoms with E-state index >= 15 is 0 Å². The van der Waals surface area contributed by atoms with Crippen LogP contribution in [0.1, 0.15) is 68.8 Å². The Morgan fingerprint density at radius 1 is 0.774 bits per heavy atom. The van der Waals surface area contributed by atoms with Crippen molar-refractivity contribution in [1.29, 1.82) is 0 Å². The number of carbonyl (C=O) groups excluding carboxylic acids is 4. The molecule has 0 saturated carbocycles. The molecule has 5 aromatic carbocycles. The molecule has 0 aliphatic carbocycles. The number of ether oxygens (including phenoxy) is 1. The van der Waals surface area contributed by atoms with Gasteiger partial charge in [-0.3, -0.25) is 19.4 Å². The Morgan fingerprint density at radius 2 is 1.31 bits per heavy atom. The smallest absolute Gasteiger partial charge is 0.335 e. The highest BCUT2D eigenvalue weighted by Gasteiger charge is 2.22. The topological polar surface area (TPSA) is 228 Å². The Balaban J connectivity index is 0.000000705. The van der Waals surface area contributed by atoms with Gasteiger partial charge < -0.3 is 37.9 Å². The molecule has 62 heavy (non-hydrogen) atoms. The van der Waals surface area contributed by atoms with E-state index in [4.69, 9.17) is 21.0 Å². The van der Waals surface area contributed by atoms with Gasteiger partial charge in [-0.05, 0) is 66.6 Å². The fourth-order valence-electron chi connectivity index (χ4n) is 5.54. The van der Waals surface area contributed by atoms with E-state index in [0.29, 0.717) is 12.8 Å². The molecule has 14 heteroatoms. The molecule has 5 rings (SSSR count). The predicted molar refractivity (Wildman–Crippen MR) is 250 cm³/mol. The number of carbonyl (C=O) groups is 4. The van der Waals surface area contributed by atoms with Crippen LogP contribution in [-0.2, 0) is 32.0 Å². The van der Waals surface area contributed by atoms with Gasteiger partial charge in [0.25, 0.3) is 0 Å². The third-order valence-corrected chi connectivity index (χ3v) is 8.74. The Morgan fingerprint density at radius 3 is 1.84 bits per heavy atom. The molecule has 1 atom stereocenters. The summed E-state index contributed by atoms with van der Waals surface area (Å²) in [5.41, 5.74) is 20.6. The van der Waals surface area contributed by atoms with E-state index in [-0.39, 0.29) is 48.8 Å². The Kier molecular flexibility index (Phi) is 24.1. The number of benzene rings is 5. The van der Waals surface area contributed by atoms with E-state index in [2.05, 4.69) is 37.2 Å². The normalized spacial score (nSPS) is 10.9. The predicted octanol–water partition coefficient (Wildman–Crippen LogP) is 5.89. The zero-order chi connectivity index (χ0) is 45.6. The summed E-state index contributed by atoms with van der Waals surface area (Å²) in [4.78, 5) is 51.3. The number of primary amides is 1. The summed E-state index contributed by atoms with van der Waals surface area (Å²) in [7, 11) is 1.71. The van der Waals surface area contributed by atoms with Crippen LogP contribution in [-0.4, -0.2) is 68.3 Å². The monoisotopic (exact) mass is 845 g/mol. The first kappa shape index (κ1) is 51.1. The number of nitrogens with two attached hydrogens (primary N) is 3. The minimum atomic E-state index is -0.795. The van der Waals surface area contributed by atoms with Crippen LogP contribution in [0.4, 0.5) is 4.79 Å². The van der Waals surface area contributed by atoms with E-state index in [1.807, 2.05) is 161 Å². The zero-order valence-corrected chi connectivity index (χ0v) is 36.4. The molecule has 330 valence electrons. The second kappa shape index (κ2) is 29.2. The molecule has 0 spiro atoms. The molecule has 0 aliphatic heterocycles. The number of nitrogens with zero attached hydrogens (tertiary/aromatic N) is 2. The standard InChI is InChI=1S/C38H37N5O3.C5H12O.C4H11N3.CH3NO/c44-35(24-23-28-13-4-1-5-14-28)41-34(27-32-21-12-20-29-15-10-11-22-33(29)32)37(45)39-25-26-40-43-38(46)42-36(30-16-6-2-7-17-30)31-18-8-3-9-19-31;1-5(2,3)6-4;1-2-3-7-4(5)6;2-1-3/h1-22,26,34,36H,23-25,27H2,(H,39,45)(H,41,44)(H2,42,43,46);1-4H3;2-3H2,1H3,(H4,5,6,7);1H,(H2,2,3)/b40-26+;;;/t34-;;;/m0.../s1. The number of rotatable bonds is 15. The molecule has 14 nitrogen and oxygen atoms in total. The van der Waals surface area contributed by atoms with Crippen molar-refractivity contribution < 1.29 is 23.9 Å². The molecule has 0 unspecified atom stereocenters. The van der Waals surface area contributed by atoms with Crippen LogP contribution in [0.3, 0.4) is 0 Å².